The molecule has 0 aliphatic carbocycles. The number of hydrogen-bond donors (Lipinski definition) is 2. The zero-order chi connectivity index (χ0) is 14.5. The van der Waals surface area contributed by atoms with E-state index in [9.17, 15) is 14.9 Å². The van der Waals surface area contributed by atoms with Crippen LogP contribution in [0.5, 0.6) is 0 Å². The van der Waals surface area contributed by atoms with Gasteiger partial charge in [0.1, 0.15) is 0 Å². The molecule has 2 amide bonds. The molecule has 2 atom stereocenters. The van der Waals surface area contributed by atoms with Gasteiger partial charge in [-0.1, -0.05) is 0 Å². The van der Waals surface area contributed by atoms with Crippen molar-refractivity contribution in [1.82, 2.24) is 5.32 Å². The topological polar surface area (TPSA) is 93.5 Å². The minimum atomic E-state index is -0.483. The van der Waals surface area contributed by atoms with Crippen LogP contribution in [-0.2, 0) is 4.74 Å². The number of carbonyl (C=O) groups excluding carboxylic acids is 1. The summed E-state index contributed by atoms with van der Waals surface area (Å²) in [4.78, 5) is 21.8. The van der Waals surface area contributed by atoms with Gasteiger partial charge >= 0.3 is 6.03 Å². The van der Waals surface area contributed by atoms with Crippen LogP contribution in [0.3, 0.4) is 0 Å². The molecule has 0 aromatic heterocycles. The van der Waals surface area contributed by atoms with E-state index in [0.29, 0.717) is 5.69 Å². The maximum absolute atomic E-state index is 11.8. The van der Waals surface area contributed by atoms with Crippen molar-refractivity contribution in [1.29, 1.82) is 0 Å². The summed E-state index contributed by atoms with van der Waals surface area (Å²) in [6, 6.07) is 5.26. The second-order valence-electron chi connectivity index (χ2n) is 4.74. The van der Waals surface area contributed by atoms with E-state index in [1.807, 2.05) is 6.92 Å². The number of non-ortho nitro benzene ring substituents is 1. The van der Waals surface area contributed by atoms with Crippen LogP contribution in [-0.4, -0.2) is 29.7 Å². The summed E-state index contributed by atoms with van der Waals surface area (Å²) >= 11 is 0. The maximum Gasteiger partial charge on any atom is 0.319 e. The number of benzene rings is 1. The van der Waals surface area contributed by atoms with Gasteiger partial charge in [0, 0.05) is 24.4 Å². The van der Waals surface area contributed by atoms with Gasteiger partial charge in [-0.15, -0.1) is 0 Å². The fraction of sp³-hybridized carbons (Fsp3) is 0.462. The molecule has 1 aromatic rings. The summed E-state index contributed by atoms with van der Waals surface area (Å²) in [5, 5.41) is 16.0. The SMILES string of the molecule is CC(NC(=O)Nc1ccc([N+](=O)[O-])cc1)C1CCCO1. The monoisotopic (exact) mass is 279 g/mol. The predicted molar refractivity (Wildman–Crippen MR) is 73.7 cm³/mol. The number of amides is 2. The highest BCUT2D eigenvalue weighted by Crippen LogP contribution is 2.17. The lowest BCUT2D eigenvalue weighted by atomic mass is 10.1. The number of nitrogens with one attached hydrogen (secondary N) is 2. The molecule has 0 saturated carbocycles. The van der Waals surface area contributed by atoms with Crippen molar-refractivity contribution in [2.75, 3.05) is 11.9 Å². The van der Waals surface area contributed by atoms with E-state index in [0.717, 1.165) is 19.4 Å². The first-order chi connectivity index (χ1) is 9.56. The first kappa shape index (κ1) is 14.3. The van der Waals surface area contributed by atoms with E-state index in [2.05, 4.69) is 10.6 Å². The van der Waals surface area contributed by atoms with E-state index in [-0.39, 0.29) is 23.9 Å². The van der Waals surface area contributed by atoms with Crippen LogP contribution in [0.25, 0.3) is 0 Å². The van der Waals surface area contributed by atoms with Crippen LogP contribution in [0, 0.1) is 10.1 Å². The summed E-state index contributed by atoms with van der Waals surface area (Å²) in [5.41, 5.74) is 0.497. The predicted octanol–water partition coefficient (Wildman–Crippen LogP) is 2.28. The van der Waals surface area contributed by atoms with E-state index in [1.54, 1.807) is 0 Å². The summed E-state index contributed by atoms with van der Waals surface area (Å²) in [6.45, 7) is 2.63. The van der Waals surface area contributed by atoms with E-state index in [1.165, 1.54) is 24.3 Å². The van der Waals surface area contributed by atoms with Gasteiger partial charge in [0.05, 0.1) is 17.1 Å². The third-order valence-electron chi connectivity index (χ3n) is 3.22. The molecule has 7 heteroatoms. The van der Waals surface area contributed by atoms with Crippen LogP contribution >= 0.6 is 0 Å². The molecule has 1 heterocycles. The standard InChI is InChI=1S/C13H17N3O4/c1-9(12-3-2-8-20-12)14-13(17)15-10-4-6-11(7-5-10)16(18)19/h4-7,9,12H,2-3,8H2,1H3,(H2,14,15,17). The molecule has 1 aromatic carbocycles. The van der Waals surface area contributed by atoms with Crippen LogP contribution in [0.2, 0.25) is 0 Å². The second-order valence-corrected chi connectivity index (χ2v) is 4.74. The Hall–Kier alpha value is -2.15. The lowest BCUT2D eigenvalue weighted by Crippen LogP contribution is -2.42. The van der Waals surface area contributed by atoms with Gasteiger partial charge in [0.2, 0.25) is 0 Å². The summed E-state index contributed by atoms with van der Waals surface area (Å²) < 4.78 is 5.49. The number of anilines is 1. The first-order valence-electron chi connectivity index (χ1n) is 6.50. The Morgan fingerprint density at radius 1 is 1.45 bits per heavy atom. The quantitative estimate of drug-likeness (QED) is 0.653. The van der Waals surface area contributed by atoms with Crippen LogP contribution < -0.4 is 10.6 Å². The average molecular weight is 279 g/mol. The van der Waals surface area contributed by atoms with Crippen molar-refractivity contribution in [3.8, 4) is 0 Å². The molecule has 0 spiro atoms. The fourth-order valence-corrected chi connectivity index (χ4v) is 2.13. The Labute approximate surface area is 116 Å². The number of nitro groups is 1. The van der Waals surface area contributed by atoms with Crippen molar-refractivity contribution >= 4 is 17.4 Å². The zero-order valence-electron chi connectivity index (χ0n) is 11.2. The number of hydrogen-bond acceptors (Lipinski definition) is 4. The fourth-order valence-electron chi connectivity index (χ4n) is 2.13. The molecule has 1 aliphatic rings. The second kappa shape index (κ2) is 6.33. The minimum absolute atomic E-state index is 0.0105. The highest BCUT2D eigenvalue weighted by atomic mass is 16.6. The number of rotatable bonds is 4. The average Bonchev–Trinajstić information content (AvgIpc) is 2.93. The molecule has 0 radical (unpaired) electrons. The van der Waals surface area contributed by atoms with Gasteiger partial charge in [-0.25, -0.2) is 4.79 Å². The molecule has 2 unspecified atom stereocenters. The molecule has 2 N–H and O–H groups in total. The molecular weight excluding hydrogens is 262 g/mol. The number of carbonyl (C=O) groups is 1. The van der Waals surface area contributed by atoms with Gasteiger partial charge in [-0.3, -0.25) is 10.1 Å². The Balaban J connectivity index is 1.85. The first-order valence-corrected chi connectivity index (χ1v) is 6.50. The normalized spacial score (nSPS) is 19.4. The number of urea groups is 1. The van der Waals surface area contributed by atoms with Crippen molar-refractivity contribution in [3.05, 3.63) is 34.4 Å². The van der Waals surface area contributed by atoms with Gasteiger partial charge < -0.3 is 15.4 Å². The molecule has 1 saturated heterocycles. The highest BCUT2D eigenvalue weighted by molar-refractivity contribution is 5.89. The molecule has 7 nitrogen and oxygen atoms in total. The van der Waals surface area contributed by atoms with Crippen molar-refractivity contribution in [2.24, 2.45) is 0 Å². The minimum Gasteiger partial charge on any atom is -0.376 e. The molecule has 0 bridgehead atoms. The third kappa shape index (κ3) is 3.67. The van der Waals surface area contributed by atoms with Crippen molar-refractivity contribution < 1.29 is 14.5 Å². The van der Waals surface area contributed by atoms with Gasteiger partial charge in [0.25, 0.3) is 5.69 Å². The molecule has 108 valence electrons. The maximum atomic E-state index is 11.8. The Kier molecular flexibility index (Phi) is 4.52. The Morgan fingerprint density at radius 2 is 2.15 bits per heavy atom. The molecule has 1 fully saturated rings. The molecule has 2 rings (SSSR count). The van der Waals surface area contributed by atoms with Gasteiger partial charge in [-0.2, -0.15) is 0 Å². The Morgan fingerprint density at radius 3 is 2.70 bits per heavy atom. The smallest absolute Gasteiger partial charge is 0.319 e. The summed E-state index contributed by atoms with van der Waals surface area (Å²) in [5.74, 6) is 0. The van der Waals surface area contributed by atoms with Crippen LogP contribution in [0.4, 0.5) is 16.2 Å². The highest BCUT2D eigenvalue weighted by Gasteiger charge is 2.23. The van der Waals surface area contributed by atoms with E-state index < -0.39 is 4.92 Å². The lowest BCUT2D eigenvalue weighted by molar-refractivity contribution is -0.384. The largest absolute Gasteiger partial charge is 0.376 e. The summed E-state index contributed by atoms with van der Waals surface area (Å²) in [7, 11) is 0. The van der Waals surface area contributed by atoms with Gasteiger partial charge in [-0.05, 0) is 31.9 Å². The van der Waals surface area contributed by atoms with Crippen molar-refractivity contribution in [2.45, 2.75) is 31.9 Å². The van der Waals surface area contributed by atoms with Crippen LogP contribution in [0.1, 0.15) is 19.8 Å². The number of nitro benzene ring substituents is 1. The van der Waals surface area contributed by atoms with Crippen molar-refractivity contribution in [3.63, 3.8) is 0 Å². The van der Waals surface area contributed by atoms with E-state index >= 15 is 0 Å². The van der Waals surface area contributed by atoms with Crippen LogP contribution in [0.15, 0.2) is 24.3 Å². The number of ether oxygens (including phenoxy) is 1. The lowest BCUT2D eigenvalue weighted by Gasteiger charge is -2.20. The number of nitrogens with zero attached hydrogens (tertiary/aromatic N) is 1. The Bertz CT molecular complexity index is 483. The molecular formula is C13H17N3O4. The summed E-state index contributed by atoms with van der Waals surface area (Å²) in [6.07, 6.45) is 2.01. The van der Waals surface area contributed by atoms with E-state index in [4.69, 9.17) is 4.74 Å². The third-order valence-corrected chi connectivity index (χ3v) is 3.22. The molecule has 1 aliphatic heterocycles. The molecule has 20 heavy (non-hydrogen) atoms. The van der Waals surface area contributed by atoms with Gasteiger partial charge in [0.15, 0.2) is 0 Å². The zero-order valence-corrected chi connectivity index (χ0v) is 11.2.